The molecule has 6 heteroatoms. The molecule has 2 aliphatic rings. The number of hydrogen-bond donors (Lipinski definition) is 0. The van der Waals surface area contributed by atoms with Gasteiger partial charge < -0.3 is 0 Å². The molecule has 2 fully saturated rings. The maximum Gasteiger partial charge on any atom is 0.239 e. The number of carbonyl (C=O) groups excluding carboxylic acids is 1. The van der Waals surface area contributed by atoms with Gasteiger partial charge in [-0.15, -0.1) is 11.6 Å². The minimum absolute atomic E-state index is 0.0688. The Labute approximate surface area is 131 Å². The molecule has 21 heavy (non-hydrogen) atoms. The van der Waals surface area contributed by atoms with E-state index in [1.54, 1.807) is 6.07 Å². The number of fused-ring (bicyclic) bond motifs is 2. The number of carbonyl (C=O) groups is 1. The number of halogens is 1. The molecule has 0 N–H and O–H groups in total. The summed E-state index contributed by atoms with van der Waals surface area (Å²) in [6.07, 6.45) is 3.43. The molecule has 3 atom stereocenters. The Hall–Kier alpha value is -0.810. The smallest absolute Gasteiger partial charge is 0.239 e. The highest BCUT2D eigenvalue weighted by molar-refractivity contribution is 7.90. The molecule has 3 rings (SSSR count). The predicted octanol–water partition coefficient (Wildman–Crippen LogP) is 2.80. The summed E-state index contributed by atoms with van der Waals surface area (Å²) in [4.78, 5) is 12.5. The van der Waals surface area contributed by atoms with Crippen molar-refractivity contribution in [3.05, 3.63) is 24.0 Å². The van der Waals surface area contributed by atoms with Crippen LogP contribution in [0, 0.1) is 16.7 Å². The lowest BCUT2D eigenvalue weighted by atomic mass is 9.70. The first-order valence-electron chi connectivity index (χ1n) is 7.70. The zero-order chi connectivity index (χ0) is 16.3. The van der Waals surface area contributed by atoms with Crippen molar-refractivity contribution in [1.82, 2.24) is 3.97 Å². The van der Waals surface area contributed by atoms with Crippen LogP contribution < -0.4 is 0 Å². The minimum atomic E-state index is -3.73. The Balaban J connectivity index is 2.02. The van der Waals surface area contributed by atoms with E-state index in [1.807, 2.05) is 13.8 Å². The van der Waals surface area contributed by atoms with Crippen molar-refractivity contribution in [1.29, 1.82) is 0 Å². The van der Waals surface area contributed by atoms with Crippen molar-refractivity contribution >= 4 is 27.4 Å². The van der Waals surface area contributed by atoms with Crippen molar-refractivity contribution < 1.29 is 14.6 Å². The topological polar surface area (TPSA) is 56.1 Å². The molecule has 2 aliphatic carbocycles. The quantitative estimate of drug-likeness (QED) is 0.798. The third-order valence-electron chi connectivity index (χ3n) is 5.72. The maximum absolute atomic E-state index is 12.9. The number of ketones is 1. The average Bonchev–Trinajstić information content (AvgIpc) is 3.02. The van der Waals surface area contributed by atoms with Crippen LogP contribution in [0.4, 0.5) is 0 Å². The zero-order valence-corrected chi connectivity index (χ0v) is 13.7. The molecule has 0 radical (unpaired) electrons. The number of aromatic nitrogens is 1. The van der Waals surface area contributed by atoms with Crippen LogP contribution in [0.25, 0.3) is 0 Å². The summed E-state index contributed by atoms with van der Waals surface area (Å²) < 4.78 is 34.4. The first-order chi connectivity index (χ1) is 10.1. The fraction of sp³-hybridized carbons (Fsp3) is 0.667. The molecule has 2 saturated carbocycles. The number of Topliss-reactive ketones (excluding diaryl/α,β-unsaturated/α-hetero) is 1. The lowest BCUT2D eigenvalue weighted by Gasteiger charge is -2.36. The summed E-state index contributed by atoms with van der Waals surface area (Å²) in [5.41, 5.74) is -0.885. The molecular formula is C15H20ClNO3S. The molecule has 4 nitrogen and oxygen atoms in total. The molecule has 0 unspecified atom stereocenters. The molecule has 0 saturated heterocycles. The van der Waals surface area contributed by atoms with Gasteiger partial charge in [0.15, 0.2) is 0 Å². The minimum Gasteiger partial charge on any atom is -0.299 e. The van der Waals surface area contributed by atoms with Crippen LogP contribution in [0.3, 0.4) is 0 Å². The fourth-order valence-corrected chi connectivity index (χ4v) is 6.57. The van der Waals surface area contributed by atoms with Gasteiger partial charge >= 0.3 is 0 Å². The summed E-state index contributed by atoms with van der Waals surface area (Å²) in [6, 6.07) is 3.09. The van der Waals surface area contributed by atoms with E-state index in [2.05, 4.69) is 0 Å². The van der Waals surface area contributed by atoms with Crippen molar-refractivity contribution in [3.8, 4) is 0 Å². The predicted molar refractivity (Wildman–Crippen MR) is 81.7 cm³/mol. The Morgan fingerprint density at radius 2 is 2.24 bits per heavy atom. The van der Waals surface area contributed by atoms with Gasteiger partial charge in [0, 0.05) is 18.3 Å². The Morgan fingerprint density at radius 3 is 2.76 bits per heavy atom. The van der Waals surface area contributed by atoms with Gasteiger partial charge in [0.05, 0.1) is 18.4 Å². The second-order valence-corrected chi connectivity index (χ2v) is 8.83. The number of nitrogens with zero attached hydrogens (tertiary/aromatic N) is 1. The van der Waals surface area contributed by atoms with Crippen molar-refractivity contribution in [3.63, 3.8) is 0 Å². The lowest BCUT2D eigenvalue weighted by molar-refractivity contribution is -0.128. The first kappa shape index (κ1) is 13.8. The molecule has 0 aromatic carbocycles. The number of rotatable bonds is 4. The van der Waals surface area contributed by atoms with E-state index < -0.39 is 21.3 Å². The van der Waals surface area contributed by atoms with Gasteiger partial charge in [-0.05, 0) is 36.3 Å². The van der Waals surface area contributed by atoms with Crippen LogP contribution in [-0.2, 0) is 20.7 Å². The summed E-state index contributed by atoms with van der Waals surface area (Å²) in [5.74, 6) is -1.00. The van der Waals surface area contributed by atoms with Crippen LogP contribution >= 0.6 is 11.6 Å². The lowest BCUT2D eigenvalue weighted by Crippen LogP contribution is -2.43. The van der Waals surface area contributed by atoms with E-state index in [0.717, 1.165) is 10.4 Å². The maximum atomic E-state index is 12.9. The molecular weight excluding hydrogens is 310 g/mol. The summed E-state index contributed by atoms with van der Waals surface area (Å²) in [7, 11) is -3.73. The molecule has 1 heterocycles. The highest BCUT2D eigenvalue weighted by atomic mass is 35.5. The van der Waals surface area contributed by atoms with Gasteiger partial charge in [-0.3, -0.25) is 4.79 Å². The Kier molecular flexibility index (Phi) is 3.02. The van der Waals surface area contributed by atoms with Gasteiger partial charge in [-0.2, -0.15) is 0 Å². The normalized spacial score (nSPS) is 33.2. The average molecular weight is 331 g/mol. The van der Waals surface area contributed by atoms with Crippen LogP contribution in [0.1, 0.15) is 40.2 Å². The van der Waals surface area contributed by atoms with E-state index in [1.165, 1.54) is 12.3 Å². The molecule has 2 bridgehead atoms. The Morgan fingerprint density at radius 1 is 1.52 bits per heavy atom. The van der Waals surface area contributed by atoms with Gasteiger partial charge in [0.2, 0.25) is 10.0 Å². The molecule has 0 spiro atoms. The van der Waals surface area contributed by atoms with Crippen LogP contribution in [0.2, 0.25) is 0 Å². The van der Waals surface area contributed by atoms with E-state index >= 15 is 0 Å². The van der Waals surface area contributed by atoms with E-state index in [9.17, 15) is 13.2 Å². The van der Waals surface area contributed by atoms with E-state index in [4.69, 9.17) is 13.0 Å². The van der Waals surface area contributed by atoms with Gasteiger partial charge in [-0.1, -0.05) is 13.8 Å². The van der Waals surface area contributed by atoms with E-state index in [-0.39, 0.29) is 28.6 Å². The molecule has 0 aliphatic heterocycles. The summed E-state index contributed by atoms with van der Waals surface area (Å²) in [5, 5.41) is 0. The molecule has 0 amide bonds. The molecule has 1 aromatic heterocycles. The highest BCUT2D eigenvalue weighted by Crippen LogP contribution is 2.64. The summed E-state index contributed by atoms with van der Waals surface area (Å²) >= 11 is 5.75. The van der Waals surface area contributed by atoms with Gasteiger partial charge in [0.25, 0.3) is 0 Å². The van der Waals surface area contributed by atoms with Crippen molar-refractivity contribution in [2.75, 3.05) is 5.75 Å². The molecule has 116 valence electrons. The van der Waals surface area contributed by atoms with Gasteiger partial charge in [-0.25, -0.2) is 12.4 Å². The Bertz CT molecular complexity index is 725. The van der Waals surface area contributed by atoms with Crippen molar-refractivity contribution in [2.24, 2.45) is 16.7 Å². The highest BCUT2D eigenvalue weighted by Gasteiger charge is 2.65. The zero-order valence-electron chi connectivity index (χ0n) is 13.2. The second-order valence-electron chi connectivity index (χ2n) is 6.76. The number of hydrogen-bond acceptors (Lipinski definition) is 3. The first-order valence-corrected chi connectivity index (χ1v) is 9.16. The monoisotopic (exact) mass is 330 g/mol. The third-order valence-corrected chi connectivity index (χ3v) is 7.74. The van der Waals surface area contributed by atoms with Crippen LogP contribution in [0.15, 0.2) is 18.3 Å². The van der Waals surface area contributed by atoms with Gasteiger partial charge in [0.1, 0.15) is 5.78 Å². The second kappa shape index (κ2) is 4.59. The largest absolute Gasteiger partial charge is 0.299 e. The third kappa shape index (κ3) is 1.93. The van der Waals surface area contributed by atoms with Crippen LogP contribution in [-0.4, -0.2) is 23.9 Å². The van der Waals surface area contributed by atoms with Crippen molar-refractivity contribution in [2.45, 2.75) is 39.0 Å². The number of alkyl halides is 1. The molecule has 1 aromatic rings. The van der Waals surface area contributed by atoms with E-state index in [0.29, 0.717) is 12.8 Å². The summed E-state index contributed by atoms with van der Waals surface area (Å²) in [6.45, 7) is 4.02. The fourth-order valence-electron chi connectivity index (χ4n) is 4.21. The van der Waals surface area contributed by atoms with Crippen LogP contribution in [0.5, 0.6) is 0 Å². The SMILES string of the molecule is [2H][C@@H](Cl)c1cccn1S(=O)(=O)C[C@]12CC[C@H](CC1=O)C2(C)C. The standard InChI is InChI=1S/C15H20ClNO3S/c1-14(2)11-5-6-15(14,13(18)8-11)10-21(19,20)17-7-3-4-12(17)9-16/h3-4,7,11H,5-6,8-10H2,1-2H3/t11-,15-/m1/s1/i9D/t9-,11-,15-.